The van der Waals surface area contributed by atoms with E-state index in [0.717, 1.165) is 4.47 Å². The number of nitrogens with one attached hydrogen (secondary N) is 2. The Kier molecular flexibility index (Phi) is 6.15. The first-order valence-corrected chi connectivity index (χ1v) is 7.85. The first-order chi connectivity index (χ1) is 11.0. The number of hydrogen-bond donors (Lipinski definition) is 2. The number of halogens is 3. The Balaban J connectivity index is 1.93. The van der Waals surface area contributed by atoms with Crippen molar-refractivity contribution in [3.63, 3.8) is 0 Å². The molecule has 2 N–H and O–H groups in total. The molecule has 8 heteroatoms. The highest BCUT2D eigenvalue weighted by Gasteiger charge is 2.12. The zero-order valence-corrected chi connectivity index (χ0v) is 14.6. The summed E-state index contributed by atoms with van der Waals surface area (Å²) in [5, 5.41) is 7.02. The number of carbonyl (C=O) groups excluding carboxylic acids is 2. The van der Waals surface area contributed by atoms with Crippen LogP contribution in [0, 0.1) is 0 Å². The Morgan fingerprint density at radius 3 is 2.57 bits per heavy atom. The van der Waals surface area contributed by atoms with Crippen molar-refractivity contribution >= 4 is 62.8 Å². The van der Waals surface area contributed by atoms with Crippen LogP contribution in [0.15, 0.2) is 52.0 Å². The zero-order chi connectivity index (χ0) is 16.8. The van der Waals surface area contributed by atoms with Crippen LogP contribution < -0.4 is 10.7 Å². The van der Waals surface area contributed by atoms with Gasteiger partial charge in [-0.05, 0) is 30.3 Å². The van der Waals surface area contributed by atoms with Gasteiger partial charge in [-0.1, -0.05) is 51.3 Å². The van der Waals surface area contributed by atoms with E-state index in [9.17, 15) is 9.59 Å². The number of hydrazone groups is 1. The highest BCUT2D eigenvalue weighted by molar-refractivity contribution is 9.10. The number of benzene rings is 2. The molecular formula is C15H10BrCl2N3O2. The molecule has 0 fully saturated rings. The van der Waals surface area contributed by atoms with Crippen molar-refractivity contribution in [3.8, 4) is 0 Å². The second-order valence-corrected chi connectivity index (χ2v) is 6.09. The van der Waals surface area contributed by atoms with E-state index < -0.39 is 11.8 Å². The Morgan fingerprint density at radius 2 is 1.87 bits per heavy atom. The van der Waals surface area contributed by atoms with Crippen molar-refractivity contribution in [2.24, 2.45) is 5.10 Å². The zero-order valence-electron chi connectivity index (χ0n) is 11.5. The van der Waals surface area contributed by atoms with Gasteiger partial charge < -0.3 is 5.32 Å². The predicted octanol–water partition coefficient (Wildman–Crippen LogP) is 3.84. The molecule has 23 heavy (non-hydrogen) atoms. The Labute approximate surface area is 150 Å². The normalized spacial score (nSPS) is 10.6. The monoisotopic (exact) mass is 413 g/mol. The van der Waals surface area contributed by atoms with Gasteiger partial charge in [0, 0.05) is 20.7 Å². The van der Waals surface area contributed by atoms with Crippen molar-refractivity contribution < 1.29 is 9.59 Å². The van der Waals surface area contributed by atoms with Gasteiger partial charge in [-0.3, -0.25) is 9.59 Å². The lowest BCUT2D eigenvalue weighted by Crippen LogP contribution is -2.32. The summed E-state index contributed by atoms with van der Waals surface area (Å²) < 4.78 is 0.783. The third-order valence-electron chi connectivity index (χ3n) is 2.62. The van der Waals surface area contributed by atoms with Gasteiger partial charge in [-0.2, -0.15) is 5.10 Å². The molecule has 5 nitrogen and oxygen atoms in total. The Hall–Kier alpha value is -1.89. The van der Waals surface area contributed by atoms with Crippen LogP contribution in [0.25, 0.3) is 0 Å². The van der Waals surface area contributed by atoms with E-state index in [2.05, 4.69) is 31.8 Å². The molecule has 0 aliphatic carbocycles. The molecule has 0 atom stereocenters. The molecule has 0 aromatic heterocycles. The minimum Gasteiger partial charge on any atom is -0.318 e. The first kappa shape index (κ1) is 17.5. The summed E-state index contributed by atoms with van der Waals surface area (Å²) in [5.41, 5.74) is 3.17. The Bertz CT molecular complexity index is 781. The van der Waals surface area contributed by atoms with E-state index in [4.69, 9.17) is 23.2 Å². The number of amides is 2. The SMILES string of the molecule is O=C(N/N=C\c1ccc(Cl)cc1Cl)C(=O)Nc1cccc(Br)c1. The van der Waals surface area contributed by atoms with Crippen LogP contribution in [-0.2, 0) is 9.59 Å². The Morgan fingerprint density at radius 1 is 1.09 bits per heavy atom. The summed E-state index contributed by atoms with van der Waals surface area (Å²) in [6, 6.07) is 11.7. The molecule has 0 saturated heterocycles. The largest absolute Gasteiger partial charge is 0.329 e. The molecule has 0 heterocycles. The fourth-order valence-corrected chi connectivity index (χ4v) is 2.43. The van der Waals surface area contributed by atoms with Gasteiger partial charge >= 0.3 is 11.8 Å². The highest BCUT2D eigenvalue weighted by Crippen LogP contribution is 2.19. The number of anilines is 1. The van der Waals surface area contributed by atoms with Gasteiger partial charge in [0.1, 0.15) is 0 Å². The summed E-state index contributed by atoms with van der Waals surface area (Å²) in [6.07, 6.45) is 1.32. The molecule has 0 aliphatic heterocycles. The van der Waals surface area contributed by atoms with Crippen molar-refractivity contribution in [1.29, 1.82) is 0 Å². The van der Waals surface area contributed by atoms with Gasteiger partial charge in [0.25, 0.3) is 0 Å². The topological polar surface area (TPSA) is 70.6 Å². The average Bonchev–Trinajstić information content (AvgIpc) is 2.49. The summed E-state index contributed by atoms with van der Waals surface area (Å²) in [7, 11) is 0. The fourth-order valence-electron chi connectivity index (χ4n) is 1.57. The highest BCUT2D eigenvalue weighted by atomic mass is 79.9. The van der Waals surface area contributed by atoms with Crippen LogP contribution in [0.5, 0.6) is 0 Å². The summed E-state index contributed by atoms with van der Waals surface area (Å²) >= 11 is 15.0. The van der Waals surface area contributed by atoms with Crippen molar-refractivity contribution in [1.82, 2.24) is 5.43 Å². The molecule has 0 spiro atoms. The van der Waals surface area contributed by atoms with E-state index in [1.807, 2.05) is 0 Å². The number of hydrogen-bond acceptors (Lipinski definition) is 3. The second kappa shape index (κ2) is 8.10. The van der Waals surface area contributed by atoms with E-state index in [1.165, 1.54) is 6.21 Å². The summed E-state index contributed by atoms with van der Waals surface area (Å²) in [5.74, 6) is -1.73. The minimum atomic E-state index is -0.897. The molecule has 0 radical (unpaired) electrons. The van der Waals surface area contributed by atoms with Crippen LogP contribution in [0.4, 0.5) is 5.69 Å². The standard InChI is InChI=1S/C15H10BrCl2N3O2/c16-10-2-1-3-12(6-10)20-14(22)15(23)21-19-8-9-4-5-11(17)7-13(9)18/h1-8H,(H,20,22)(H,21,23)/b19-8-. The number of carbonyl (C=O) groups is 2. The van der Waals surface area contributed by atoms with Crippen molar-refractivity contribution in [3.05, 3.63) is 62.5 Å². The molecule has 2 aromatic carbocycles. The maximum Gasteiger partial charge on any atom is 0.329 e. The van der Waals surface area contributed by atoms with Crippen LogP contribution in [-0.4, -0.2) is 18.0 Å². The van der Waals surface area contributed by atoms with Crippen LogP contribution in [0.1, 0.15) is 5.56 Å². The summed E-state index contributed by atoms with van der Waals surface area (Å²) in [4.78, 5) is 23.4. The fraction of sp³-hybridized carbons (Fsp3) is 0. The van der Waals surface area contributed by atoms with Gasteiger partial charge in [0.05, 0.1) is 11.2 Å². The molecule has 0 bridgehead atoms. The van der Waals surface area contributed by atoms with Crippen LogP contribution >= 0.6 is 39.1 Å². The molecule has 0 unspecified atom stereocenters. The lowest BCUT2D eigenvalue weighted by atomic mass is 10.2. The predicted molar refractivity (Wildman–Crippen MR) is 95.0 cm³/mol. The smallest absolute Gasteiger partial charge is 0.318 e. The first-order valence-electron chi connectivity index (χ1n) is 6.31. The summed E-state index contributed by atoms with van der Waals surface area (Å²) in [6.45, 7) is 0. The molecule has 0 aliphatic rings. The van der Waals surface area contributed by atoms with E-state index in [0.29, 0.717) is 21.3 Å². The molecule has 2 amide bonds. The molecule has 118 valence electrons. The third kappa shape index (κ3) is 5.35. The maximum absolute atomic E-state index is 11.7. The quantitative estimate of drug-likeness (QED) is 0.455. The number of rotatable bonds is 3. The minimum absolute atomic E-state index is 0.383. The van der Waals surface area contributed by atoms with E-state index in [-0.39, 0.29) is 0 Å². The number of nitrogens with zero attached hydrogens (tertiary/aromatic N) is 1. The van der Waals surface area contributed by atoms with Gasteiger partial charge in [0.15, 0.2) is 0 Å². The van der Waals surface area contributed by atoms with Crippen molar-refractivity contribution in [2.45, 2.75) is 0 Å². The van der Waals surface area contributed by atoms with E-state index >= 15 is 0 Å². The van der Waals surface area contributed by atoms with Crippen molar-refractivity contribution in [2.75, 3.05) is 5.32 Å². The van der Waals surface area contributed by atoms with Gasteiger partial charge in [0.2, 0.25) is 0 Å². The molecule has 2 aromatic rings. The second-order valence-electron chi connectivity index (χ2n) is 4.33. The average molecular weight is 415 g/mol. The lowest BCUT2D eigenvalue weighted by molar-refractivity contribution is -0.136. The van der Waals surface area contributed by atoms with E-state index in [1.54, 1.807) is 42.5 Å². The lowest BCUT2D eigenvalue weighted by Gasteiger charge is -2.04. The molecule has 0 saturated carbocycles. The van der Waals surface area contributed by atoms with Crippen LogP contribution in [0.2, 0.25) is 10.0 Å². The van der Waals surface area contributed by atoms with Gasteiger partial charge in [-0.25, -0.2) is 5.43 Å². The maximum atomic E-state index is 11.7. The van der Waals surface area contributed by atoms with Crippen LogP contribution in [0.3, 0.4) is 0 Å². The third-order valence-corrected chi connectivity index (χ3v) is 3.68. The van der Waals surface area contributed by atoms with Gasteiger partial charge in [-0.15, -0.1) is 0 Å². The molecule has 2 rings (SSSR count). The molecular weight excluding hydrogens is 405 g/mol.